The fourth-order valence-electron chi connectivity index (χ4n) is 4.72. The van der Waals surface area contributed by atoms with Gasteiger partial charge in [-0.25, -0.2) is 9.78 Å². The smallest absolute Gasteiger partial charge is 0.404 e. The molecule has 1 aliphatic rings. The Balaban J connectivity index is 1.45. The second kappa shape index (κ2) is 11.7. The summed E-state index contributed by atoms with van der Waals surface area (Å²) in [6.07, 6.45) is 1.11. The van der Waals surface area contributed by atoms with Crippen LogP contribution in [0.5, 0.6) is 5.75 Å². The van der Waals surface area contributed by atoms with Gasteiger partial charge in [0.15, 0.2) is 0 Å². The van der Waals surface area contributed by atoms with E-state index < -0.39 is 18.1 Å². The van der Waals surface area contributed by atoms with E-state index in [4.69, 9.17) is 34.8 Å². The number of alkyl halides is 3. The molecule has 3 heterocycles. The summed E-state index contributed by atoms with van der Waals surface area (Å²) in [5.41, 5.74) is 3.59. The third kappa shape index (κ3) is 6.55. The van der Waals surface area contributed by atoms with Crippen LogP contribution in [0.4, 0.5) is 18.0 Å². The number of fused-ring (bicyclic) bond motifs is 3. The van der Waals surface area contributed by atoms with Gasteiger partial charge in [-0.15, -0.1) is 13.2 Å². The molecule has 1 amide bonds. The summed E-state index contributed by atoms with van der Waals surface area (Å²) in [7, 11) is 0. The van der Waals surface area contributed by atoms with Crippen LogP contribution in [-0.4, -0.2) is 39.9 Å². The van der Waals surface area contributed by atoms with Crippen molar-refractivity contribution in [2.45, 2.75) is 25.9 Å². The maximum Gasteiger partial charge on any atom is 0.573 e. The molecule has 1 N–H and O–H groups in total. The molecule has 0 atom stereocenters. The number of nitrogens with zero attached hydrogens (tertiary/aromatic N) is 3. The first-order valence-electron chi connectivity index (χ1n) is 12.2. The highest BCUT2D eigenvalue weighted by molar-refractivity contribution is 6.33. The molecule has 0 fully saturated rings. The quantitative estimate of drug-likeness (QED) is 0.227. The van der Waals surface area contributed by atoms with Crippen molar-refractivity contribution < 1.29 is 22.7 Å². The van der Waals surface area contributed by atoms with Crippen LogP contribution in [-0.2, 0) is 19.5 Å². The molecule has 40 heavy (non-hydrogen) atoms. The summed E-state index contributed by atoms with van der Waals surface area (Å²) < 4.78 is 44.8. The van der Waals surface area contributed by atoms with E-state index in [0.29, 0.717) is 52.8 Å². The van der Waals surface area contributed by atoms with Gasteiger partial charge in [0.1, 0.15) is 10.9 Å². The van der Waals surface area contributed by atoms with E-state index in [2.05, 4.69) is 19.9 Å². The number of carbonyl (C=O) groups excluding carboxylic acids is 1. The summed E-state index contributed by atoms with van der Waals surface area (Å²) >= 11 is 18.1. The second-order valence-corrected chi connectivity index (χ2v) is 10.4. The van der Waals surface area contributed by atoms with Crippen LogP contribution >= 0.6 is 34.8 Å². The number of halogens is 6. The lowest BCUT2D eigenvalue weighted by molar-refractivity contribution is -0.274. The molecule has 4 aromatic rings. The number of carbonyl (C=O) groups is 1. The molecule has 0 saturated heterocycles. The van der Waals surface area contributed by atoms with Gasteiger partial charge < -0.3 is 10.1 Å². The number of hydrogen-bond acceptors (Lipinski definition) is 4. The predicted molar refractivity (Wildman–Crippen MR) is 150 cm³/mol. The molecule has 5 rings (SSSR count). The van der Waals surface area contributed by atoms with Crippen LogP contribution in [0.1, 0.15) is 22.4 Å². The number of amides is 1. The van der Waals surface area contributed by atoms with E-state index in [1.54, 1.807) is 12.1 Å². The topological polar surface area (TPSA) is 59.4 Å². The molecule has 0 unspecified atom stereocenters. The Kier molecular flexibility index (Phi) is 8.28. The van der Waals surface area contributed by atoms with Crippen LogP contribution in [0, 0.1) is 0 Å². The van der Waals surface area contributed by atoms with E-state index in [1.165, 1.54) is 22.9 Å². The Hall–Kier alpha value is -3.24. The molecular weight excluding hydrogens is 588 g/mol. The first kappa shape index (κ1) is 28.3. The summed E-state index contributed by atoms with van der Waals surface area (Å²) in [4.78, 5) is 19.5. The molecule has 0 bridgehead atoms. The maximum absolute atomic E-state index is 13.4. The van der Waals surface area contributed by atoms with Gasteiger partial charge in [0.05, 0.1) is 10.5 Å². The minimum Gasteiger partial charge on any atom is -0.404 e. The summed E-state index contributed by atoms with van der Waals surface area (Å²) in [5.74, 6) is -0.520. The largest absolute Gasteiger partial charge is 0.573 e. The van der Waals surface area contributed by atoms with Crippen molar-refractivity contribution >= 4 is 57.8 Å². The average molecular weight is 610 g/mol. The fraction of sp³-hybridized carbons (Fsp3) is 0.214. The Morgan fingerprint density at radius 1 is 1.10 bits per heavy atom. The minimum absolute atomic E-state index is 0.181. The van der Waals surface area contributed by atoms with Gasteiger partial charge in [-0.05, 0) is 53.1 Å². The Labute approximate surface area is 242 Å². The van der Waals surface area contributed by atoms with Gasteiger partial charge >= 0.3 is 12.4 Å². The molecule has 0 radical (unpaired) electrons. The number of pyridine rings is 1. The van der Waals surface area contributed by atoms with E-state index in [1.807, 2.05) is 36.4 Å². The molecular formula is C28H22Cl3F3N4O2. The molecule has 2 aromatic carbocycles. The Morgan fingerprint density at radius 3 is 2.60 bits per heavy atom. The number of nitrogens with one attached hydrogen (secondary N) is 1. The highest BCUT2D eigenvalue weighted by atomic mass is 35.5. The van der Waals surface area contributed by atoms with Crippen LogP contribution in [0.3, 0.4) is 0 Å². The summed E-state index contributed by atoms with van der Waals surface area (Å²) in [6.45, 7) is 1.84. The fourth-order valence-corrected chi connectivity index (χ4v) is 5.24. The zero-order valence-corrected chi connectivity index (χ0v) is 23.1. The average Bonchev–Trinajstić information content (AvgIpc) is 3.20. The predicted octanol–water partition coefficient (Wildman–Crippen LogP) is 7.72. The molecule has 2 aromatic heterocycles. The zero-order valence-electron chi connectivity index (χ0n) is 20.8. The van der Waals surface area contributed by atoms with Crippen LogP contribution < -0.4 is 10.1 Å². The van der Waals surface area contributed by atoms with Gasteiger partial charge in [0, 0.05) is 54.9 Å². The normalized spacial score (nSPS) is 14.1. The van der Waals surface area contributed by atoms with Crippen molar-refractivity contribution in [3.8, 4) is 5.75 Å². The van der Waals surface area contributed by atoms with Crippen molar-refractivity contribution in [2.75, 3.05) is 13.1 Å². The van der Waals surface area contributed by atoms with Crippen LogP contribution in [0.2, 0.25) is 15.2 Å². The van der Waals surface area contributed by atoms with E-state index in [0.717, 1.165) is 16.7 Å². The van der Waals surface area contributed by atoms with Gasteiger partial charge in [-0.1, -0.05) is 59.1 Å². The molecule has 6 nitrogen and oxygen atoms in total. The lowest BCUT2D eigenvalue weighted by atomic mass is 10.0. The van der Waals surface area contributed by atoms with Crippen molar-refractivity contribution in [1.29, 1.82) is 0 Å². The SMILES string of the molecule is O=C(NCc1ccnc(Cl)c1)n1c2c(c3cc(OC(F)(F)F)c(Cl)cc31)CN(C/C=C/c1ccc(Cl)cc1)CC2. The maximum atomic E-state index is 13.4. The van der Waals surface area contributed by atoms with Gasteiger partial charge in [0.2, 0.25) is 0 Å². The molecule has 0 spiro atoms. The molecule has 0 saturated carbocycles. The van der Waals surface area contributed by atoms with Gasteiger partial charge in [0.25, 0.3) is 0 Å². The number of benzene rings is 2. The van der Waals surface area contributed by atoms with Crippen LogP contribution in [0.15, 0.2) is 60.8 Å². The van der Waals surface area contributed by atoms with Crippen molar-refractivity contribution in [2.24, 2.45) is 0 Å². The lowest BCUT2D eigenvalue weighted by Gasteiger charge is -2.27. The van der Waals surface area contributed by atoms with Crippen molar-refractivity contribution in [3.63, 3.8) is 0 Å². The molecule has 0 aliphatic carbocycles. The third-order valence-electron chi connectivity index (χ3n) is 6.49. The number of ether oxygens (including phenoxy) is 1. The number of aromatic nitrogens is 2. The standard InChI is InChI=1S/C28H22Cl3F3N4O2/c29-19-5-3-17(4-6-19)2-1-10-37-11-8-23-21(16-37)20-13-25(40-28(32,33)34)22(30)14-24(20)38(23)27(39)36-15-18-7-9-35-26(31)12-18/h1-7,9,12-14H,8,10-11,15-16H2,(H,36,39)/b2-1+. The summed E-state index contributed by atoms with van der Waals surface area (Å²) in [5, 5.41) is 4.02. The number of rotatable bonds is 6. The lowest BCUT2D eigenvalue weighted by Crippen LogP contribution is -2.34. The molecule has 12 heteroatoms. The zero-order chi connectivity index (χ0) is 28.4. The van der Waals surface area contributed by atoms with E-state index in [9.17, 15) is 18.0 Å². The van der Waals surface area contributed by atoms with Gasteiger partial charge in [-0.3, -0.25) is 9.47 Å². The second-order valence-electron chi connectivity index (χ2n) is 9.19. The highest BCUT2D eigenvalue weighted by Crippen LogP contribution is 2.39. The first-order chi connectivity index (χ1) is 19.1. The third-order valence-corrected chi connectivity index (χ3v) is 7.24. The Bertz CT molecular complexity index is 1590. The minimum atomic E-state index is -4.92. The molecule has 208 valence electrons. The van der Waals surface area contributed by atoms with Crippen molar-refractivity contribution in [1.82, 2.24) is 19.8 Å². The van der Waals surface area contributed by atoms with E-state index in [-0.39, 0.29) is 11.6 Å². The molecule has 1 aliphatic heterocycles. The first-order valence-corrected chi connectivity index (χ1v) is 13.4. The number of hydrogen-bond donors (Lipinski definition) is 1. The Morgan fingerprint density at radius 2 is 1.88 bits per heavy atom. The van der Waals surface area contributed by atoms with Crippen LogP contribution in [0.25, 0.3) is 17.0 Å². The van der Waals surface area contributed by atoms with Gasteiger partial charge in [-0.2, -0.15) is 0 Å². The van der Waals surface area contributed by atoms with Crippen molar-refractivity contribution in [3.05, 3.63) is 98.4 Å². The summed E-state index contributed by atoms with van der Waals surface area (Å²) in [6, 6.07) is 13.0. The monoisotopic (exact) mass is 608 g/mol. The van der Waals surface area contributed by atoms with E-state index >= 15 is 0 Å². The highest BCUT2D eigenvalue weighted by Gasteiger charge is 2.33.